The minimum Gasteiger partial charge on any atom is -0.467 e. The van der Waals surface area contributed by atoms with E-state index in [0.717, 1.165) is 28.3 Å². The summed E-state index contributed by atoms with van der Waals surface area (Å²) in [6.45, 7) is 2.25. The molecule has 0 radical (unpaired) electrons. The van der Waals surface area contributed by atoms with Crippen LogP contribution in [0, 0.1) is 0 Å². The summed E-state index contributed by atoms with van der Waals surface area (Å²) in [5, 5.41) is 15.7. The molecule has 35 heavy (non-hydrogen) atoms. The number of oxime groups is 1. The van der Waals surface area contributed by atoms with E-state index in [0.29, 0.717) is 43.4 Å². The van der Waals surface area contributed by atoms with E-state index in [1.54, 1.807) is 6.26 Å². The fraction of sp³-hybridized carbons (Fsp3) is 0.346. The average Bonchev–Trinajstić information content (AvgIpc) is 3.62. The summed E-state index contributed by atoms with van der Waals surface area (Å²) < 4.78 is 21.8. The molecule has 0 unspecified atom stereocenters. The van der Waals surface area contributed by atoms with E-state index in [1.165, 1.54) is 0 Å². The molecule has 3 aromatic rings. The summed E-state index contributed by atoms with van der Waals surface area (Å²) in [5.74, 6) is 2.17. The predicted molar refractivity (Wildman–Crippen MR) is 130 cm³/mol. The third kappa shape index (κ3) is 6.15. The van der Waals surface area contributed by atoms with E-state index in [4.69, 9.17) is 35.1 Å². The molecule has 8 nitrogen and oxygen atoms in total. The fourth-order valence-electron chi connectivity index (χ4n) is 4.17. The molecule has 1 aromatic heterocycles. The SMILES string of the molecule is O[C@H](COCc1ccco1)CN(Cc1ccccc1Cl)C[C@H]1CC(c2ccc3c(c2)OCO3)=NO1. The maximum Gasteiger partial charge on any atom is 0.231 e. The number of benzene rings is 2. The Kier molecular flexibility index (Phi) is 7.54. The van der Waals surface area contributed by atoms with Gasteiger partial charge in [0, 0.05) is 36.6 Å². The smallest absolute Gasteiger partial charge is 0.231 e. The van der Waals surface area contributed by atoms with Gasteiger partial charge in [-0.15, -0.1) is 0 Å². The van der Waals surface area contributed by atoms with E-state index in [9.17, 15) is 5.11 Å². The molecule has 3 heterocycles. The van der Waals surface area contributed by atoms with E-state index < -0.39 is 6.10 Å². The summed E-state index contributed by atoms with van der Waals surface area (Å²) in [5.41, 5.74) is 2.78. The molecule has 9 heteroatoms. The van der Waals surface area contributed by atoms with E-state index in [1.807, 2.05) is 54.6 Å². The number of ether oxygens (including phenoxy) is 3. The first-order chi connectivity index (χ1) is 17.1. The Labute approximate surface area is 208 Å². The van der Waals surface area contributed by atoms with Gasteiger partial charge in [0.25, 0.3) is 0 Å². The highest BCUT2D eigenvalue weighted by Crippen LogP contribution is 2.33. The van der Waals surface area contributed by atoms with Crippen LogP contribution in [0.1, 0.15) is 23.3 Å². The summed E-state index contributed by atoms with van der Waals surface area (Å²) >= 11 is 6.41. The van der Waals surface area contributed by atoms with Crippen molar-refractivity contribution >= 4 is 17.3 Å². The molecule has 0 amide bonds. The molecule has 5 rings (SSSR count). The second-order valence-electron chi connectivity index (χ2n) is 8.57. The van der Waals surface area contributed by atoms with Crippen LogP contribution in [-0.4, -0.2) is 54.4 Å². The zero-order valence-corrected chi connectivity index (χ0v) is 19.9. The van der Waals surface area contributed by atoms with Gasteiger partial charge in [0.15, 0.2) is 11.5 Å². The van der Waals surface area contributed by atoms with Gasteiger partial charge < -0.3 is 28.6 Å². The van der Waals surface area contributed by atoms with Gasteiger partial charge in [-0.25, -0.2) is 0 Å². The number of aliphatic hydroxyl groups excluding tert-OH is 1. The number of hydrogen-bond acceptors (Lipinski definition) is 8. The zero-order chi connectivity index (χ0) is 24.0. The van der Waals surface area contributed by atoms with Crippen molar-refractivity contribution < 1.29 is 28.6 Å². The molecule has 184 valence electrons. The van der Waals surface area contributed by atoms with Gasteiger partial charge in [-0.05, 0) is 42.0 Å². The number of fused-ring (bicyclic) bond motifs is 1. The van der Waals surface area contributed by atoms with Gasteiger partial charge in [-0.3, -0.25) is 4.90 Å². The van der Waals surface area contributed by atoms with Gasteiger partial charge in [0.1, 0.15) is 18.5 Å². The maximum atomic E-state index is 10.7. The molecule has 0 saturated heterocycles. The molecule has 0 fully saturated rings. The van der Waals surface area contributed by atoms with Gasteiger partial charge in [0.05, 0.1) is 24.7 Å². The van der Waals surface area contributed by atoms with Gasteiger partial charge >= 0.3 is 0 Å². The van der Waals surface area contributed by atoms with E-state index >= 15 is 0 Å². The largest absolute Gasteiger partial charge is 0.467 e. The minimum absolute atomic E-state index is 0.158. The first-order valence-electron chi connectivity index (χ1n) is 11.5. The Hall–Kier alpha value is -3.04. The number of rotatable bonds is 11. The number of nitrogens with zero attached hydrogens (tertiary/aromatic N) is 2. The summed E-state index contributed by atoms with van der Waals surface area (Å²) in [7, 11) is 0. The molecule has 0 aliphatic carbocycles. The second-order valence-corrected chi connectivity index (χ2v) is 8.98. The maximum absolute atomic E-state index is 10.7. The van der Waals surface area contributed by atoms with Crippen LogP contribution in [0.3, 0.4) is 0 Å². The average molecular weight is 499 g/mol. The molecule has 2 atom stereocenters. The van der Waals surface area contributed by atoms with Crippen LogP contribution in [-0.2, 0) is 22.7 Å². The van der Waals surface area contributed by atoms with Crippen LogP contribution in [0.15, 0.2) is 70.4 Å². The van der Waals surface area contributed by atoms with Crippen molar-refractivity contribution in [2.24, 2.45) is 5.16 Å². The van der Waals surface area contributed by atoms with Crippen LogP contribution in [0.25, 0.3) is 0 Å². The topological polar surface area (TPSA) is 85.9 Å². The Bertz CT molecular complexity index is 1150. The Morgan fingerprint density at radius 1 is 1.11 bits per heavy atom. The summed E-state index contributed by atoms with van der Waals surface area (Å²) in [6.07, 6.45) is 1.39. The fourth-order valence-corrected chi connectivity index (χ4v) is 4.37. The number of halogens is 1. The van der Waals surface area contributed by atoms with Gasteiger partial charge in [-0.1, -0.05) is 35.0 Å². The Morgan fingerprint density at radius 3 is 2.86 bits per heavy atom. The molecule has 0 spiro atoms. The summed E-state index contributed by atoms with van der Waals surface area (Å²) in [4.78, 5) is 7.88. The normalized spacial score (nSPS) is 17.5. The minimum atomic E-state index is -0.692. The molecule has 2 aliphatic heterocycles. The van der Waals surface area contributed by atoms with Crippen LogP contribution < -0.4 is 9.47 Å². The lowest BCUT2D eigenvalue weighted by Gasteiger charge is -2.27. The quantitative estimate of drug-likeness (QED) is 0.423. The monoisotopic (exact) mass is 498 g/mol. The Balaban J connectivity index is 1.19. The number of aliphatic hydroxyl groups is 1. The van der Waals surface area contributed by atoms with E-state index in [-0.39, 0.29) is 19.5 Å². The van der Waals surface area contributed by atoms with Crippen molar-refractivity contribution in [3.8, 4) is 11.5 Å². The van der Waals surface area contributed by atoms with Crippen molar-refractivity contribution in [1.29, 1.82) is 0 Å². The third-order valence-electron chi connectivity index (χ3n) is 5.86. The number of furan rings is 1. The van der Waals surface area contributed by atoms with E-state index in [2.05, 4.69) is 10.1 Å². The lowest BCUT2D eigenvalue weighted by atomic mass is 10.0. The van der Waals surface area contributed by atoms with Gasteiger partial charge in [-0.2, -0.15) is 0 Å². The van der Waals surface area contributed by atoms with Crippen LogP contribution in [0.2, 0.25) is 5.02 Å². The predicted octanol–water partition coefficient (Wildman–Crippen LogP) is 4.23. The zero-order valence-electron chi connectivity index (χ0n) is 19.1. The molecule has 1 N–H and O–H groups in total. The van der Waals surface area contributed by atoms with Crippen LogP contribution in [0.5, 0.6) is 11.5 Å². The standard InChI is InChI=1S/C26H27ClN2O6/c27-23-6-2-1-4-19(23)12-29(13-20(30)15-31-16-21-5-3-9-32-21)14-22-11-24(28-35-22)18-7-8-25-26(10-18)34-17-33-25/h1-10,20,22,30H,11-17H2/t20-,22+/m0/s1. The molecule has 2 aliphatic rings. The van der Waals surface area contributed by atoms with Crippen molar-refractivity contribution in [2.45, 2.75) is 31.8 Å². The van der Waals surface area contributed by atoms with Crippen molar-refractivity contribution in [3.05, 3.63) is 82.8 Å². The van der Waals surface area contributed by atoms with Crippen molar-refractivity contribution in [2.75, 3.05) is 26.5 Å². The van der Waals surface area contributed by atoms with Crippen LogP contribution >= 0.6 is 11.6 Å². The first kappa shape index (κ1) is 23.7. The number of hydrogen-bond donors (Lipinski definition) is 1. The lowest BCUT2D eigenvalue weighted by Crippen LogP contribution is -2.39. The summed E-state index contributed by atoms with van der Waals surface area (Å²) in [6, 6.07) is 17.1. The first-order valence-corrected chi connectivity index (χ1v) is 11.9. The van der Waals surface area contributed by atoms with Crippen molar-refractivity contribution in [3.63, 3.8) is 0 Å². The van der Waals surface area contributed by atoms with Gasteiger partial charge in [0.2, 0.25) is 6.79 Å². The third-order valence-corrected chi connectivity index (χ3v) is 6.22. The van der Waals surface area contributed by atoms with Crippen LogP contribution in [0.4, 0.5) is 0 Å². The molecular weight excluding hydrogens is 472 g/mol. The molecular formula is C26H27ClN2O6. The lowest BCUT2D eigenvalue weighted by molar-refractivity contribution is -0.00955. The molecule has 0 bridgehead atoms. The Morgan fingerprint density at radius 2 is 2.00 bits per heavy atom. The highest BCUT2D eigenvalue weighted by Gasteiger charge is 2.27. The highest BCUT2D eigenvalue weighted by molar-refractivity contribution is 6.31. The highest BCUT2D eigenvalue weighted by atomic mass is 35.5. The van der Waals surface area contributed by atoms with Crippen molar-refractivity contribution in [1.82, 2.24) is 4.90 Å². The second kappa shape index (κ2) is 11.1. The molecule has 2 aromatic carbocycles. The molecule has 0 saturated carbocycles.